The Morgan fingerprint density at radius 1 is 1.16 bits per heavy atom. The van der Waals surface area contributed by atoms with Crippen molar-refractivity contribution in [2.24, 2.45) is 0 Å². The van der Waals surface area contributed by atoms with Gasteiger partial charge in [0.05, 0.1) is 14.2 Å². The van der Waals surface area contributed by atoms with Crippen molar-refractivity contribution in [2.45, 2.75) is 18.9 Å². The fourth-order valence-corrected chi connectivity index (χ4v) is 2.66. The van der Waals surface area contributed by atoms with Gasteiger partial charge in [0.2, 0.25) is 0 Å². The fourth-order valence-electron chi connectivity index (χ4n) is 2.66. The predicted molar refractivity (Wildman–Crippen MR) is 77.0 cm³/mol. The quantitative estimate of drug-likeness (QED) is 0.853. The van der Waals surface area contributed by atoms with Crippen molar-refractivity contribution in [1.82, 2.24) is 10.2 Å². The first-order valence-corrected chi connectivity index (χ1v) is 6.90. The lowest BCUT2D eigenvalue weighted by molar-refractivity contribution is 0.298. The van der Waals surface area contributed by atoms with Crippen LogP contribution in [0.1, 0.15) is 24.4 Å². The number of nitrogens with one attached hydrogen (secondary N) is 1. The predicted octanol–water partition coefficient (Wildman–Crippen LogP) is 2.06. The lowest BCUT2D eigenvalue weighted by Gasteiger charge is -2.24. The van der Waals surface area contributed by atoms with Gasteiger partial charge in [-0.25, -0.2) is 0 Å². The summed E-state index contributed by atoms with van der Waals surface area (Å²) in [6.45, 7) is 3.48. The summed E-state index contributed by atoms with van der Waals surface area (Å²) >= 11 is 0. The van der Waals surface area contributed by atoms with E-state index in [1.165, 1.54) is 31.5 Å². The molecule has 1 aromatic carbocycles. The van der Waals surface area contributed by atoms with Gasteiger partial charge in [0.25, 0.3) is 0 Å². The molecule has 0 unspecified atom stereocenters. The van der Waals surface area contributed by atoms with Crippen LogP contribution in [-0.4, -0.2) is 45.8 Å². The maximum absolute atomic E-state index is 5.38. The van der Waals surface area contributed by atoms with Gasteiger partial charge in [-0.1, -0.05) is 6.07 Å². The minimum atomic E-state index is 0.331. The molecule has 1 aliphatic heterocycles. The summed E-state index contributed by atoms with van der Waals surface area (Å²) in [6, 6.07) is 6.48. The molecule has 0 bridgehead atoms. The Kier molecular flexibility index (Phi) is 5.05. The van der Waals surface area contributed by atoms with E-state index in [1.807, 2.05) is 13.1 Å². The van der Waals surface area contributed by atoms with E-state index in [0.717, 1.165) is 18.0 Å². The summed E-state index contributed by atoms with van der Waals surface area (Å²) in [5, 5.41) is 3.40. The molecule has 0 radical (unpaired) electrons. The standard InChI is InChI=1S/C15H24N2O2/c1-16-13(11-17-8-4-5-9-17)12-6-7-14(18-2)15(10-12)19-3/h6-7,10,13,16H,4-5,8-9,11H2,1-3H3/t13-/m0/s1. The third-order valence-electron chi connectivity index (χ3n) is 3.80. The number of ether oxygens (including phenoxy) is 2. The Morgan fingerprint density at radius 3 is 2.42 bits per heavy atom. The first-order chi connectivity index (χ1) is 9.28. The van der Waals surface area contributed by atoms with Gasteiger partial charge >= 0.3 is 0 Å². The van der Waals surface area contributed by atoms with Crippen LogP contribution in [0.25, 0.3) is 0 Å². The zero-order valence-corrected chi connectivity index (χ0v) is 12.1. The van der Waals surface area contributed by atoms with Crippen LogP contribution in [0.2, 0.25) is 0 Å². The summed E-state index contributed by atoms with van der Waals surface area (Å²) in [6.07, 6.45) is 2.64. The van der Waals surface area contributed by atoms with Crippen LogP contribution in [0, 0.1) is 0 Å². The second-order valence-electron chi connectivity index (χ2n) is 4.96. The van der Waals surface area contributed by atoms with Crippen molar-refractivity contribution in [1.29, 1.82) is 0 Å². The molecule has 1 fully saturated rings. The number of rotatable bonds is 6. The van der Waals surface area contributed by atoms with Crippen molar-refractivity contribution < 1.29 is 9.47 Å². The average Bonchev–Trinajstić information content (AvgIpc) is 2.97. The van der Waals surface area contributed by atoms with Gasteiger partial charge in [0.15, 0.2) is 11.5 Å². The minimum Gasteiger partial charge on any atom is -0.493 e. The van der Waals surface area contributed by atoms with Gasteiger partial charge in [-0.2, -0.15) is 0 Å². The monoisotopic (exact) mass is 264 g/mol. The van der Waals surface area contributed by atoms with Crippen LogP contribution in [0.3, 0.4) is 0 Å². The molecule has 1 N–H and O–H groups in total. The highest BCUT2D eigenvalue weighted by atomic mass is 16.5. The van der Waals surface area contributed by atoms with Gasteiger partial charge < -0.3 is 19.7 Å². The Balaban J connectivity index is 2.12. The van der Waals surface area contributed by atoms with E-state index in [9.17, 15) is 0 Å². The molecule has 2 rings (SSSR count). The molecule has 1 saturated heterocycles. The van der Waals surface area contributed by atoms with E-state index in [4.69, 9.17) is 9.47 Å². The van der Waals surface area contributed by atoms with E-state index in [0.29, 0.717) is 6.04 Å². The molecule has 0 aliphatic carbocycles. The van der Waals surface area contributed by atoms with E-state index >= 15 is 0 Å². The molecule has 0 amide bonds. The molecule has 19 heavy (non-hydrogen) atoms. The van der Waals surface area contributed by atoms with E-state index in [2.05, 4.69) is 22.3 Å². The summed E-state index contributed by atoms with van der Waals surface area (Å²) in [4.78, 5) is 2.51. The Labute approximate surface area is 115 Å². The maximum Gasteiger partial charge on any atom is 0.161 e. The zero-order valence-electron chi connectivity index (χ0n) is 12.1. The van der Waals surface area contributed by atoms with Gasteiger partial charge in [0, 0.05) is 12.6 Å². The molecule has 0 aromatic heterocycles. The molecular weight excluding hydrogens is 240 g/mol. The van der Waals surface area contributed by atoms with Gasteiger partial charge in [-0.15, -0.1) is 0 Å². The highest BCUT2D eigenvalue weighted by Gasteiger charge is 2.18. The van der Waals surface area contributed by atoms with Crippen LogP contribution in [0.5, 0.6) is 11.5 Å². The number of nitrogens with zero attached hydrogens (tertiary/aromatic N) is 1. The Bertz CT molecular complexity index is 403. The third-order valence-corrected chi connectivity index (χ3v) is 3.80. The molecule has 1 aliphatic rings. The molecule has 1 atom stereocenters. The van der Waals surface area contributed by atoms with E-state index in [-0.39, 0.29) is 0 Å². The fraction of sp³-hybridized carbons (Fsp3) is 0.600. The molecule has 106 valence electrons. The summed E-state index contributed by atoms with van der Waals surface area (Å²) in [5.41, 5.74) is 1.24. The van der Waals surface area contributed by atoms with Crippen LogP contribution in [0.15, 0.2) is 18.2 Å². The van der Waals surface area contributed by atoms with Crippen LogP contribution in [-0.2, 0) is 0 Å². The van der Waals surface area contributed by atoms with Crippen molar-refractivity contribution >= 4 is 0 Å². The Morgan fingerprint density at radius 2 is 1.84 bits per heavy atom. The highest BCUT2D eigenvalue weighted by Crippen LogP contribution is 2.30. The SMILES string of the molecule is CN[C@@H](CN1CCCC1)c1ccc(OC)c(OC)c1. The maximum atomic E-state index is 5.38. The number of methoxy groups -OCH3 is 2. The average molecular weight is 264 g/mol. The first-order valence-electron chi connectivity index (χ1n) is 6.90. The first kappa shape index (κ1) is 14.2. The normalized spacial score (nSPS) is 17.4. The lowest BCUT2D eigenvalue weighted by atomic mass is 10.1. The van der Waals surface area contributed by atoms with Crippen molar-refractivity contribution in [3.05, 3.63) is 23.8 Å². The molecule has 0 saturated carbocycles. The Hall–Kier alpha value is -1.26. The number of benzene rings is 1. The second kappa shape index (κ2) is 6.78. The van der Waals surface area contributed by atoms with E-state index in [1.54, 1.807) is 14.2 Å². The highest BCUT2D eigenvalue weighted by molar-refractivity contribution is 5.43. The summed E-state index contributed by atoms with van der Waals surface area (Å²) in [5.74, 6) is 1.57. The van der Waals surface area contributed by atoms with Crippen molar-refractivity contribution in [3.63, 3.8) is 0 Å². The molecule has 1 aromatic rings. The van der Waals surface area contributed by atoms with Gasteiger partial charge in [0.1, 0.15) is 0 Å². The summed E-state index contributed by atoms with van der Waals surface area (Å²) in [7, 11) is 5.35. The molecule has 1 heterocycles. The van der Waals surface area contributed by atoms with Crippen molar-refractivity contribution in [2.75, 3.05) is 40.9 Å². The number of hydrogen-bond acceptors (Lipinski definition) is 4. The topological polar surface area (TPSA) is 33.7 Å². The van der Waals surface area contributed by atoms with Gasteiger partial charge in [-0.05, 0) is 50.7 Å². The van der Waals surface area contributed by atoms with Crippen LogP contribution in [0.4, 0.5) is 0 Å². The number of hydrogen-bond donors (Lipinski definition) is 1. The molecule has 4 nitrogen and oxygen atoms in total. The molecule has 4 heteroatoms. The number of likely N-dealkylation sites (tertiary alicyclic amines) is 1. The van der Waals surface area contributed by atoms with Crippen molar-refractivity contribution in [3.8, 4) is 11.5 Å². The second-order valence-corrected chi connectivity index (χ2v) is 4.96. The van der Waals surface area contributed by atoms with Crippen LogP contribution >= 0.6 is 0 Å². The summed E-state index contributed by atoms with van der Waals surface area (Å²) < 4.78 is 10.7. The minimum absolute atomic E-state index is 0.331. The number of likely N-dealkylation sites (N-methyl/N-ethyl adjacent to an activating group) is 1. The molecule has 0 spiro atoms. The largest absolute Gasteiger partial charge is 0.493 e. The van der Waals surface area contributed by atoms with E-state index < -0.39 is 0 Å². The zero-order chi connectivity index (χ0) is 13.7. The lowest BCUT2D eigenvalue weighted by Crippen LogP contribution is -2.31. The smallest absolute Gasteiger partial charge is 0.161 e. The van der Waals surface area contributed by atoms with Gasteiger partial charge in [-0.3, -0.25) is 0 Å². The third kappa shape index (κ3) is 3.39. The molecular formula is C15H24N2O2. The van der Waals surface area contributed by atoms with Crippen LogP contribution < -0.4 is 14.8 Å².